The summed E-state index contributed by atoms with van der Waals surface area (Å²) >= 11 is 6.07. The molecule has 25 heavy (non-hydrogen) atoms. The molecule has 1 N–H and O–H groups in total. The van der Waals surface area contributed by atoms with Crippen molar-refractivity contribution in [2.45, 2.75) is 26.8 Å². The molecule has 1 amide bonds. The Morgan fingerprint density at radius 2 is 1.72 bits per heavy atom. The third-order valence-electron chi connectivity index (χ3n) is 3.82. The van der Waals surface area contributed by atoms with Crippen LogP contribution in [-0.4, -0.2) is 26.6 Å². The molecule has 134 valence electrons. The van der Waals surface area contributed by atoms with Crippen LogP contribution in [0.4, 0.5) is 11.4 Å². The maximum atomic E-state index is 12.6. The summed E-state index contributed by atoms with van der Waals surface area (Å²) in [5.41, 5.74) is 2.86. The van der Waals surface area contributed by atoms with Crippen molar-refractivity contribution in [1.82, 2.24) is 0 Å². The first kappa shape index (κ1) is 19.3. The number of hydrogen-bond acceptors (Lipinski definition) is 3. The van der Waals surface area contributed by atoms with Gasteiger partial charge in [-0.05, 0) is 50.6 Å². The van der Waals surface area contributed by atoms with Crippen LogP contribution < -0.4 is 9.62 Å². The maximum Gasteiger partial charge on any atom is 0.247 e. The van der Waals surface area contributed by atoms with Crippen molar-refractivity contribution in [3.05, 3.63) is 58.6 Å². The molecule has 0 unspecified atom stereocenters. The highest BCUT2D eigenvalue weighted by atomic mass is 35.5. The van der Waals surface area contributed by atoms with E-state index < -0.39 is 22.0 Å². The summed E-state index contributed by atoms with van der Waals surface area (Å²) in [7, 11) is -3.64. The Kier molecular flexibility index (Phi) is 5.75. The highest BCUT2D eigenvalue weighted by molar-refractivity contribution is 7.92. The van der Waals surface area contributed by atoms with Crippen molar-refractivity contribution in [3.8, 4) is 0 Å². The number of benzene rings is 2. The van der Waals surface area contributed by atoms with Gasteiger partial charge in [-0.2, -0.15) is 0 Å². The molecule has 0 spiro atoms. The van der Waals surface area contributed by atoms with Gasteiger partial charge in [0.1, 0.15) is 6.04 Å². The Bertz CT molecular complexity index is 880. The standard InChI is InChI=1S/C18H21ClN2O3S/c1-12-5-9-16(10-6-12)21(25(4,23)24)14(3)18(22)20-15-8-7-13(2)17(19)11-15/h5-11,14H,1-4H3,(H,20,22)/t14-/m1/s1. The largest absolute Gasteiger partial charge is 0.324 e. The maximum absolute atomic E-state index is 12.6. The lowest BCUT2D eigenvalue weighted by Gasteiger charge is -2.28. The van der Waals surface area contributed by atoms with Gasteiger partial charge in [0.25, 0.3) is 0 Å². The molecule has 0 bridgehead atoms. The van der Waals surface area contributed by atoms with Gasteiger partial charge in [0.2, 0.25) is 15.9 Å². The summed E-state index contributed by atoms with van der Waals surface area (Å²) < 4.78 is 25.6. The number of aryl methyl sites for hydroxylation is 2. The average molecular weight is 381 g/mol. The highest BCUT2D eigenvalue weighted by Crippen LogP contribution is 2.23. The van der Waals surface area contributed by atoms with E-state index in [0.717, 1.165) is 21.7 Å². The monoisotopic (exact) mass is 380 g/mol. The molecule has 0 aliphatic carbocycles. The minimum Gasteiger partial charge on any atom is -0.324 e. The van der Waals surface area contributed by atoms with Gasteiger partial charge in [-0.15, -0.1) is 0 Å². The number of nitrogens with zero attached hydrogens (tertiary/aromatic N) is 1. The fourth-order valence-electron chi connectivity index (χ4n) is 2.42. The Morgan fingerprint density at radius 3 is 2.24 bits per heavy atom. The summed E-state index contributed by atoms with van der Waals surface area (Å²) in [4.78, 5) is 12.6. The highest BCUT2D eigenvalue weighted by Gasteiger charge is 2.29. The lowest BCUT2D eigenvalue weighted by molar-refractivity contribution is -0.116. The van der Waals surface area contributed by atoms with Gasteiger partial charge in [-0.25, -0.2) is 8.42 Å². The third kappa shape index (κ3) is 4.74. The number of amides is 1. The van der Waals surface area contributed by atoms with E-state index >= 15 is 0 Å². The minimum atomic E-state index is -3.64. The number of rotatable bonds is 5. The van der Waals surface area contributed by atoms with E-state index in [2.05, 4.69) is 5.32 Å². The van der Waals surface area contributed by atoms with Gasteiger partial charge in [0.05, 0.1) is 11.9 Å². The number of anilines is 2. The second-order valence-corrected chi connectivity index (χ2v) is 8.29. The van der Waals surface area contributed by atoms with Gasteiger partial charge in [-0.1, -0.05) is 35.4 Å². The van der Waals surface area contributed by atoms with Gasteiger partial charge in [-0.3, -0.25) is 9.10 Å². The Labute approximate surface area is 153 Å². The van der Waals surface area contributed by atoms with Crippen molar-refractivity contribution in [2.24, 2.45) is 0 Å². The van der Waals surface area contributed by atoms with Crippen LogP contribution >= 0.6 is 11.6 Å². The fourth-order valence-corrected chi connectivity index (χ4v) is 3.77. The second kappa shape index (κ2) is 7.45. The van der Waals surface area contributed by atoms with Crippen LogP contribution in [-0.2, 0) is 14.8 Å². The van der Waals surface area contributed by atoms with Gasteiger partial charge >= 0.3 is 0 Å². The molecule has 0 aliphatic rings. The molecule has 0 aliphatic heterocycles. The number of carbonyl (C=O) groups excluding carboxylic acids is 1. The van der Waals surface area contributed by atoms with Crippen LogP contribution in [0.25, 0.3) is 0 Å². The normalized spacial score (nSPS) is 12.5. The van der Waals surface area contributed by atoms with Gasteiger partial charge in [0, 0.05) is 10.7 Å². The van der Waals surface area contributed by atoms with Crippen molar-refractivity contribution >= 4 is 38.9 Å². The summed E-state index contributed by atoms with van der Waals surface area (Å²) in [6.45, 7) is 5.32. The average Bonchev–Trinajstić information content (AvgIpc) is 2.51. The quantitative estimate of drug-likeness (QED) is 0.858. The summed E-state index contributed by atoms with van der Waals surface area (Å²) in [5, 5.41) is 3.25. The topological polar surface area (TPSA) is 66.5 Å². The molecule has 5 nitrogen and oxygen atoms in total. The van der Waals surface area contributed by atoms with E-state index in [1.54, 1.807) is 49.4 Å². The zero-order valence-corrected chi connectivity index (χ0v) is 16.1. The van der Waals surface area contributed by atoms with Crippen molar-refractivity contribution < 1.29 is 13.2 Å². The van der Waals surface area contributed by atoms with E-state index in [1.165, 1.54) is 0 Å². The number of nitrogens with one attached hydrogen (secondary N) is 1. The first-order chi connectivity index (χ1) is 11.6. The molecule has 1 atom stereocenters. The Balaban J connectivity index is 2.29. The summed E-state index contributed by atoms with van der Waals surface area (Å²) in [6.07, 6.45) is 1.08. The molecule has 0 radical (unpaired) electrons. The predicted molar refractivity (Wildman–Crippen MR) is 103 cm³/mol. The summed E-state index contributed by atoms with van der Waals surface area (Å²) in [5.74, 6) is -0.439. The van der Waals surface area contributed by atoms with Gasteiger partial charge in [0.15, 0.2) is 0 Å². The van der Waals surface area contributed by atoms with E-state index in [-0.39, 0.29) is 0 Å². The summed E-state index contributed by atoms with van der Waals surface area (Å²) in [6, 6.07) is 11.2. The zero-order chi connectivity index (χ0) is 18.8. The molecule has 0 heterocycles. The van der Waals surface area contributed by atoms with Crippen molar-refractivity contribution in [3.63, 3.8) is 0 Å². The van der Waals surface area contributed by atoms with Crippen molar-refractivity contribution in [2.75, 3.05) is 15.9 Å². The van der Waals surface area contributed by atoms with E-state index in [9.17, 15) is 13.2 Å². The Morgan fingerprint density at radius 1 is 1.12 bits per heavy atom. The molecule has 0 fully saturated rings. The molecule has 7 heteroatoms. The van der Waals surface area contributed by atoms with Gasteiger partial charge < -0.3 is 5.32 Å². The number of sulfonamides is 1. The molecule has 0 aromatic heterocycles. The molecule has 2 aromatic rings. The van der Waals surface area contributed by atoms with Crippen LogP contribution in [0, 0.1) is 13.8 Å². The van der Waals surface area contributed by atoms with Crippen molar-refractivity contribution in [1.29, 1.82) is 0 Å². The third-order valence-corrected chi connectivity index (χ3v) is 5.47. The lowest BCUT2D eigenvalue weighted by Crippen LogP contribution is -2.45. The van der Waals surface area contributed by atoms with Crippen LogP contribution in [0.15, 0.2) is 42.5 Å². The molecule has 0 saturated carbocycles. The first-order valence-electron chi connectivity index (χ1n) is 7.72. The fraction of sp³-hybridized carbons (Fsp3) is 0.278. The minimum absolute atomic E-state index is 0.439. The first-order valence-corrected chi connectivity index (χ1v) is 9.95. The molecule has 0 saturated heterocycles. The zero-order valence-electron chi connectivity index (χ0n) is 14.6. The number of hydrogen-bond donors (Lipinski definition) is 1. The number of carbonyl (C=O) groups is 1. The van der Waals surface area contributed by atoms with Crippen LogP contribution in [0.3, 0.4) is 0 Å². The second-order valence-electron chi connectivity index (χ2n) is 6.02. The molecule has 2 rings (SSSR count). The smallest absolute Gasteiger partial charge is 0.247 e. The predicted octanol–water partition coefficient (Wildman–Crippen LogP) is 3.75. The van der Waals surface area contributed by atoms with Crippen LogP contribution in [0.1, 0.15) is 18.1 Å². The number of halogens is 1. The van der Waals surface area contributed by atoms with Crippen LogP contribution in [0.2, 0.25) is 5.02 Å². The van der Waals surface area contributed by atoms with E-state index in [0.29, 0.717) is 16.4 Å². The molecule has 2 aromatic carbocycles. The van der Waals surface area contributed by atoms with E-state index in [1.807, 2.05) is 13.8 Å². The van der Waals surface area contributed by atoms with E-state index in [4.69, 9.17) is 11.6 Å². The Hall–Kier alpha value is -2.05. The lowest BCUT2D eigenvalue weighted by atomic mass is 10.2. The molecular weight excluding hydrogens is 360 g/mol. The van der Waals surface area contributed by atoms with Crippen LogP contribution in [0.5, 0.6) is 0 Å². The SMILES string of the molecule is Cc1ccc(N([C@H](C)C(=O)Nc2ccc(C)c(Cl)c2)S(C)(=O)=O)cc1. The molecular formula is C18H21ClN2O3S.